The lowest BCUT2D eigenvalue weighted by atomic mass is 10.1. The molecular formula is C18H28ClN3O3S. The molecule has 6 nitrogen and oxygen atoms in total. The first-order valence-corrected chi connectivity index (χ1v) is 10.5. The monoisotopic (exact) mass is 401 g/mol. The van der Waals surface area contributed by atoms with Gasteiger partial charge < -0.3 is 10.6 Å². The minimum atomic E-state index is -3.49. The first-order valence-electron chi connectivity index (χ1n) is 9.04. The van der Waals surface area contributed by atoms with E-state index < -0.39 is 10.0 Å². The number of likely N-dealkylation sites (tertiary alicyclic amines) is 1. The Labute approximate surface area is 162 Å². The van der Waals surface area contributed by atoms with E-state index in [9.17, 15) is 13.2 Å². The Morgan fingerprint density at radius 2 is 1.85 bits per heavy atom. The Balaban J connectivity index is 0.00000243. The lowest BCUT2D eigenvalue weighted by Crippen LogP contribution is -2.41. The van der Waals surface area contributed by atoms with Crippen molar-refractivity contribution in [2.24, 2.45) is 11.7 Å². The van der Waals surface area contributed by atoms with Crippen LogP contribution in [-0.2, 0) is 10.0 Å². The summed E-state index contributed by atoms with van der Waals surface area (Å²) in [5.74, 6) is 0.315. The largest absolute Gasteiger partial charge is 0.338 e. The number of piperidine rings is 1. The van der Waals surface area contributed by atoms with Crippen molar-refractivity contribution in [3.8, 4) is 0 Å². The maximum Gasteiger partial charge on any atom is 0.253 e. The quantitative estimate of drug-likeness (QED) is 0.837. The zero-order chi connectivity index (χ0) is 18.0. The van der Waals surface area contributed by atoms with Gasteiger partial charge in [0.25, 0.3) is 5.91 Å². The van der Waals surface area contributed by atoms with Crippen molar-refractivity contribution in [1.82, 2.24) is 9.21 Å². The molecule has 146 valence electrons. The third-order valence-corrected chi connectivity index (χ3v) is 7.38. The van der Waals surface area contributed by atoms with Crippen LogP contribution in [0.15, 0.2) is 29.2 Å². The number of nitrogens with two attached hydrogens (primary N) is 1. The van der Waals surface area contributed by atoms with Crippen LogP contribution in [-0.4, -0.2) is 55.8 Å². The summed E-state index contributed by atoms with van der Waals surface area (Å²) >= 11 is 0. The molecule has 1 amide bonds. The summed E-state index contributed by atoms with van der Waals surface area (Å²) in [7, 11) is -3.49. The number of halogens is 1. The molecule has 1 aromatic rings. The average molecular weight is 402 g/mol. The van der Waals surface area contributed by atoms with Gasteiger partial charge in [-0.1, -0.05) is 6.42 Å². The standard InChI is InChI=1S/C18H27N3O3S.ClH/c1-14-4-2-3-10-21(14)25(23,24)17-7-5-16(6-8-17)18(22)20-11-9-15(12-19)13-20;/h5-8,14-15H,2-4,9-13,19H2,1H3;1H. The predicted octanol–water partition coefficient (Wildman–Crippen LogP) is 2.09. The molecule has 2 saturated heterocycles. The average Bonchev–Trinajstić information content (AvgIpc) is 3.10. The smallest absolute Gasteiger partial charge is 0.253 e. The van der Waals surface area contributed by atoms with E-state index in [1.807, 2.05) is 6.92 Å². The van der Waals surface area contributed by atoms with Crippen LogP contribution >= 0.6 is 12.4 Å². The minimum Gasteiger partial charge on any atom is -0.338 e. The second-order valence-electron chi connectivity index (χ2n) is 7.13. The van der Waals surface area contributed by atoms with Crippen LogP contribution in [0.2, 0.25) is 0 Å². The van der Waals surface area contributed by atoms with Gasteiger partial charge in [0.1, 0.15) is 0 Å². The van der Waals surface area contributed by atoms with Crippen LogP contribution in [0.25, 0.3) is 0 Å². The van der Waals surface area contributed by atoms with Crippen LogP contribution in [0.1, 0.15) is 43.0 Å². The highest BCUT2D eigenvalue weighted by Crippen LogP contribution is 2.26. The van der Waals surface area contributed by atoms with Gasteiger partial charge in [-0.15, -0.1) is 12.4 Å². The van der Waals surface area contributed by atoms with E-state index in [0.29, 0.717) is 37.7 Å². The van der Waals surface area contributed by atoms with E-state index in [1.165, 1.54) is 0 Å². The summed E-state index contributed by atoms with van der Waals surface area (Å²) in [6, 6.07) is 6.39. The van der Waals surface area contributed by atoms with Crippen molar-refractivity contribution in [3.63, 3.8) is 0 Å². The lowest BCUT2D eigenvalue weighted by molar-refractivity contribution is 0.0787. The maximum atomic E-state index is 12.8. The number of carbonyl (C=O) groups is 1. The Morgan fingerprint density at radius 3 is 2.42 bits per heavy atom. The zero-order valence-corrected chi connectivity index (χ0v) is 16.8. The van der Waals surface area contributed by atoms with Gasteiger partial charge in [-0.2, -0.15) is 4.31 Å². The molecule has 1 aromatic carbocycles. The van der Waals surface area contributed by atoms with Crippen molar-refractivity contribution in [2.75, 3.05) is 26.2 Å². The fourth-order valence-corrected chi connectivity index (χ4v) is 5.43. The Bertz CT molecular complexity index is 724. The summed E-state index contributed by atoms with van der Waals surface area (Å²) in [4.78, 5) is 14.6. The second-order valence-corrected chi connectivity index (χ2v) is 9.02. The molecule has 8 heteroatoms. The number of benzene rings is 1. The Kier molecular flexibility index (Phi) is 7.07. The van der Waals surface area contributed by atoms with Crippen molar-refractivity contribution >= 4 is 28.3 Å². The fourth-order valence-electron chi connectivity index (χ4n) is 3.73. The molecule has 2 fully saturated rings. The molecule has 2 heterocycles. The highest BCUT2D eigenvalue weighted by Gasteiger charge is 2.31. The number of carbonyl (C=O) groups excluding carboxylic acids is 1. The molecule has 0 saturated carbocycles. The van der Waals surface area contributed by atoms with Crippen LogP contribution in [0, 0.1) is 5.92 Å². The van der Waals surface area contributed by atoms with E-state index in [0.717, 1.165) is 25.7 Å². The van der Waals surface area contributed by atoms with Gasteiger partial charge in [0.15, 0.2) is 0 Å². The van der Waals surface area contributed by atoms with Crippen molar-refractivity contribution in [1.29, 1.82) is 0 Å². The summed E-state index contributed by atoms with van der Waals surface area (Å²) in [6.45, 7) is 4.51. The molecule has 2 unspecified atom stereocenters. The van der Waals surface area contributed by atoms with Gasteiger partial charge in [0, 0.05) is 31.2 Å². The molecule has 2 aliphatic rings. The number of rotatable bonds is 4. The van der Waals surface area contributed by atoms with Crippen LogP contribution < -0.4 is 5.73 Å². The van der Waals surface area contributed by atoms with Gasteiger partial charge in [-0.05, 0) is 62.9 Å². The maximum absolute atomic E-state index is 12.8. The van der Waals surface area contributed by atoms with Crippen LogP contribution in [0.5, 0.6) is 0 Å². The molecule has 0 radical (unpaired) electrons. The highest BCUT2D eigenvalue weighted by molar-refractivity contribution is 7.89. The first-order chi connectivity index (χ1) is 11.9. The number of hydrogen-bond donors (Lipinski definition) is 1. The van der Waals surface area contributed by atoms with Gasteiger partial charge in [-0.3, -0.25) is 4.79 Å². The molecule has 0 spiro atoms. The molecule has 2 N–H and O–H groups in total. The topological polar surface area (TPSA) is 83.7 Å². The molecule has 2 aliphatic heterocycles. The predicted molar refractivity (Wildman–Crippen MR) is 104 cm³/mol. The van der Waals surface area contributed by atoms with Crippen molar-refractivity contribution in [2.45, 2.75) is 43.5 Å². The molecular weight excluding hydrogens is 374 g/mol. The van der Waals surface area contributed by atoms with Gasteiger partial charge >= 0.3 is 0 Å². The minimum absolute atomic E-state index is 0. The van der Waals surface area contributed by atoms with Crippen molar-refractivity contribution in [3.05, 3.63) is 29.8 Å². The first kappa shape index (κ1) is 21.2. The normalized spacial score (nSPS) is 24.3. The van der Waals surface area contributed by atoms with Gasteiger partial charge in [0.2, 0.25) is 10.0 Å². The lowest BCUT2D eigenvalue weighted by Gasteiger charge is -2.32. The third-order valence-electron chi connectivity index (χ3n) is 5.36. The van der Waals surface area contributed by atoms with E-state index in [1.54, 1.807) is 33.5 Å². The summed E-state index contributed by atoms with van der Waals surface area (Å²) < 4.78 is 27.3. The molecule has 26 heavy (non-hydrogen) atoms. The Morgan fingerprint density at radius 1 is 1.15 bits per heavy atom. The molecule has 0 aromatic heterocycles. The highest BCUT2D eigenvalue weighted by atomic mass is 35.5. The van der Waals surface area contributed by atoms with E-state index in [2.05, 4.69) is 0 Å². The van der Waals surface area contributed by atoms with Crippen molar-refractivity contribution < 1.29 is 13.2 Å². The molecule has 0 aliphatic carbocycles. The summed E-state index contributed by atoms with van der Waals surface area (Å²) in [6.07, 6.45) is 3.80. The Hall–Kier alpha value is -1.15. The number of sulfonamides is 1. The zero-order valence-electron chi connectivity index (χ0n) is 15.1. The SMILES string of the molecule is CC1CCCCN1S(=O)(=O)c1ccc(C(=O)N2CCC(CN)C2)cc1.Cl. The fraction of sp³-hybridized carbons (Fsp3) is 0.611. The van der Waals surface area contributed by atoms with Gasteiger partial charge in [-0.25, -0.2) is 8.42 Å². The van der Waals surface area contributed by atoms with Gasteiger partial charge in [0.05, 0.1) is 4.90 Å². The van der Waals surface area contributed by atoms with E-state index >= 15 is 0 Å². The number of amides is 1. The molecule has 3 rings (SSSR count). The number of nitrogens with zero attached hydrogens (tertiary/aromatic N) is 2. The second kappa shape index (κ2) is 8.69. The van der Waals surface area contributed by atoms with Crippen LogP contribution in [0.4, 0.5) is 0 Å². The molecule has 0 bridgehead atoms. The summed E-state index contributed by atoms with van der Waals surface area (Å²) in [5, 5.41) is 0. The third kappa shape index (κ3) is 4.22. The van der Waals surface area contributed by atoms with E-state index in [4.69, 9.17) is 5.73 Å². The molecule has 2 atom stereocenters. The number of hydrogen-bond acceptors (Lipinski definition) is 4. The van der Waals surface area contributed by atoms with E-state index in [-0.39, 0.29) is 29.3 Å². The summed E-state index contributed by atoms with van der Waals surface area (Å²) in [5.41, 5.74) is 6.21. The van der Waals surface area contributed by atoms with Crippen LogP contribution in [0.3, 0.4) is 0 Å².